The van der Waals surface area contributed by atoms with E-state index in [9.17, 15) is 15.0 Å². The van der Waals surface area contributed by atoms with Crippen LogP contribution in [0.2, 0.25) is 0 Å². The van der Waals surface area contributed by atoms with Crippen molar-refractivity contribution < 1.29 is 20.1 Å². The van der Waals surface area contributed by atoms with Crippen LogP contribution in [-0.2, 0) is 0 Å². The van der Waals surface area contributed by atoms with E-state index in [1.165, 1.54) is 0 Å². The number of hydrogen-bond acceptors (Lipinski definition) is 4. The van der Waals surface area contributed by atoms with Gasteiger partial charge in [-0.05, 0) is 59.7 Å². The molecule has 0 fully saturated rings. The van der Waals surface area contributed by atoms with Gasteiger partial charge in [0.2, 0.25) is 0 Å². The molecule has 0 spiro atoms. The monoisotopic (exact) mass is 441 g/mol. The van der Waals surface area contributed by atoms with Crippen molar-refractivity contribution in [3.63, 3.8) is 0 Å². The minimum Gasteiger partial charge on any atom is -0.508 e. The molecule has 0 aliphatic carbocycles. The van der Waals surface area contributed by atoms with Crippen molar-refractivity contribution in [3.05, 3.63) is 94.0 Å². The van der Waals surface area contributed by atoms with Gasteiger partial charge in [-0.2, -0.15) is 0 Å². The van der Waals surface area contributed by atoms with Crippen LogP contribution in [0.15, 0.2) is 77.3 Å². The second-order valence-electron chi connectivity index (χ2n) is 6.47. The fraction of sp³-hybridized carbons (Fsp3) is 0.136. The van der Waals surface area contributed by atoms with Gasteiger partial charge in [0, 0.05) is 16.6 Å². The smallest absolute Gasteiger partial charge is 0.335 e. The van der Waals surface area contributed by atoms with Crippen LogP contribution in [0.4, 0.5) is 5.69 Å². The molecule has 0 aromatic heterocycles. The van der Waals surface area contributed by atoms with Crippen LogP contribution in [0.5, 0.6) is 5.75 Å². The zero-order chi connectivity index (χ0) is 20.1. The van der Waals surface area contributed by atoms with Crippen LogP contribution in [0.1, 0.15) is 40.1 Å². The maximum atomic E-state index is 11.0. The molecule has 0 heterocycles. The molecule has 0 amide bonds. The second-order valence-corrected chi connectivity index (χ2v) is 7.39. The summed E-state index contributed by atoms with van der Waals surface area (Å²) in [7, 11) is 0. The summed E-state index contributed by atoms with van der Waals surface area (Å²) in [6, 6.07) is 20.6. The van der Waals surface area contributed by atoms with Gasteiger partial charge >= 0.3 is 5.97 Å². The van der Waals surface area contributed by atoms with Crippen LogP contribution in [0.25, 0.3) is 0 Å². The summed E-state index contributed by atoms with van der Waals surface area (Å²) < 4.78 is 0.958. The molecule has 0 aliphatic heterocycles. The predicted octanol–water partition coefficient (Wildman–Crippen LogP) is 5.13. The fourth-order valence-corrected chi connectivity index (χ4v) is 3.20. The molecule has 4 N–H and O–H groups in total. The number of aliphatic hydroxyl groups excluding tert-OH is 1. The maximum absolute atomic E-state index is 11.0. The van der Waals surface area contributed by atoms with Crippen molar-refractivity contribution in [2.24, 2.45) is 0 Å². The summed E-state index contributed by atoms with van der Waals surface area (Å²) in [4.78, 5) is 11.0. The number of hydrogen-bond donors (Lipinski definition) is 4. The standard InChI is InChI=1S/C22H20BrNO4/c23-17-7-1-14(2-8-17)20(13-21(26)15-5-11-19(25)12-6-15)24-18-9-3-16(4-10-18)22(27)28/h1-12,20-21,24-26H,13H2,(H,27,28). The Labute approximate surface area is 171 Å². The number of aromatic hydroxyl groups is 1. The van der Waals surface area contributed by atoms with Crippen molar-refractivity contribution in [1.29, 1.82) is 0 Å². The first-order chi connectivity index (χ1) is 13.4. The molecule has 3 aromatic carbocycles. The number of anilines is 1. The highest BCUT2D eigenvalue weighted by Crippen LogP contribution is 2.31. The van der Waals surface area contributed by atoms with E-state index in [0.717, 1.165) is 15.7 Å². The highest BCUT2D eigenvalue weighted by Gasteiger charge is 2.18. The third-order valence-corrected chi connectivity index (χ3v) is 5.01. The van der Waals surface area contributed by atoms with Gasteiger partial charge in [-0.1, -0.05) is 40.2 Å². The number of aliphatic hydroxyl groups is 1. The number of phenols is 1. The molecular weight excluding hydrogens is 422 g/mol. The van der Waals surface area contributed by atoms with E-state index in [1.807, 2.05) is 24.3 Å². The van der Waals surface area contributed by atoms with Crippen molar-refractivity contribution in [2.45, 2.75) is 18.6 Å². The first kappa shape index (κ1) is 19.9. The quantitative estimate of drug-likeness (QED) is 0.408. The molecule has 0 aliphatic rings. The molecule has 0 saturated heterocycles. The first-order valence-corrected chi connectivity index (χ1v) is 9.54. The van der Waals surface area contributed by atoms with E-state index >= 15 is 0 Å². The van der Waals surface area contributed by atoms with Crippen LogP contribution in [0, 0.1) is 0 Å². The average molecular weight is 442 g/mol. The van der Waals surface area contributed by atoms with E-state index in [2.05, 4.69) is 21.2 Å². The minimum absolute atomic E-state index is 0.150. The molecule has 144 valence electrons. The number of carboxylic acids is 1. The molecular formula is C22H20BrNO4. The van der Waals surface area contributed by atoms with E-state index in [0.29, 0.717) is 12.0 Å². The number of rotatable bonds is 7. The second kappa shape index (κ2) is 8.91. The van der Waals surface area contributed by atoms with Gasteiger partial charge in [0.1, 0.15) is 5.75 Å². The Morgan fingerprint density at radius 1 is 0.893 bits per heavy atom. The molecule has 6 heteroatoms. The van der Waals surface area contributed by atoms with Crippen molar-refractivity contribution >= 4 is 27.6 Å². The molecule has 28 heavy (non-hydrogen) atoms. The number of halogens is 1. The van der Waals surface area contributed by atoms with E-state index in [1.54, 1.807) is 48.5 Å². The normalized spacial score (nSPS) is 12.9. The summed E-state index contributed by atoms with van der Waals surface area (Å²) in [6.07, 6.45) is -0.340. The summed E-state index contributed by atoms with van der Waals surface area (Å²) in [6.45, 7) is 0. The zero-order valence-electron chi connectivity index (χ0n) is 14.9. The average Bonchev–Trinajstić information content (AvgIpc) is 2.69. The number of nitrogens with one attached hydrogen (secondary N) is 1. The topological polar surface area (TPSA) is 89.8 Å². The molecule has 2 atom stereocenters. The Bertz CT molecular complexity index is 924. The molecule has 5 nitrogen and oxygen atoms in total. The summed E-state index contributed by atoms with van der Waals surface area (Å²) in [5.74, 6) is -0.823. The number of carbonyl (C=O) groups is 1. The van der Waals surface area contributed by atoms with Gasteiger partial charge in [-0.3, -0.25) is 0 Å². The Balaban J connectivity index is 1.83. The fourth-order valence-electron chi connectivity index (χ4n) is 2.94. The number of carboxylic acid groups (broad SMARTS) is 1. The van der Waals surface area contributed by atoms with Crippen molar-refractivity contribution in [2.75, 3.05) is 5.32 Å². The highest BCUT2D eigenvalue weighted by molar-refractivity contribution is 9.10. The Kier molecular flexibility index (Phi) is 6.34. The molecule has 3 rings (SSSR count). The largest absolute Gasteiger partial charge is 0.508 e. The van der Waals surface area contributed by atoms with Gasteiger partial charge in [-0.15, -0.1) is 0 Å². The number of benzene rings is 3. The van der Waals surface area contributed by atoms with E-state index in [-0.39, 0.29) is 17.4 Å². The summed E-state index contributed by atoms with van der Waals surface area (Å²) in [5.41, 5.74) is 2.68. The van der Waals surface area contributed by atoms with Crippen LogP contribution in [-0.4, -0.2) is 21.3 Å². The Hall–Kier alpha value is -2.83. The van der Waals surface area contributed by atoms with Crippen LogP contribution in [0.3, 0.4) is 0 Å². The van der Waals surface area contributed by atoms with Crippen molar-refractivity contribution in [1.82, 2.24) is 0 Å². The zero-order valence-corrected chi connectivity index (χ0v) is 16.5. The number of aromatic carboxylic acids is 1. The first-order valence-electron chi connectivity index (χ1n) is 8.75. The van der Waals surface area contributed by atoms with E-state index < -0.39 is 12.1 Å². The SMILES string of the molecule is O=C(O)c1ccc(NC(CC(O)c2ccc(O)cc2)c2ccc(Br)cc2)cc1. The Morgan fingerprint density at radius 2 is 1.46 bits per heavy atom. The molecule has 0 radical (unpaired) electrons. The molecule has 0 bridgehead atoms. The van der Waals surface area contributed by atoms with Crippen LogP contribution >= 0.6 is 15.9 Å². The molecule has 2 unspecified atom stereocenters. The van der Waals surface area contributed by atoms with E-state index in [4.69, 9.17) is 5.11 Å². The van der Waals surface area contributed by atoms with Crippen LogP contribution < -0.4 is 5.32 Å². The third-order valence-electron chi connectivity index (χ3n) is 4.48. The van der Waals surface area contributed by atoms with Gasteiger partial charge in [-0.25, -0.2) is 4.79 Å². The summed E-state index contributed by atoms with van der Waals surface area (Å²) >= 11 is 3.43. The Morgan fingerprint density at radius 3 is 2.04 bits per heavy atom. The lowest BCUT2D eigenvalue weighted by Crippen LogP contribution is -2.15. The summed E-state index contributed by atoms with van der Waals surface area (Å²) in [5, 5.41) is 32.6. The lowest BCUT2D eigenvalue weighted by Gasteiger charge is -2.24. The maximum Gasteiger partial charge on any atom is 0.335 e. The predicted molar refractivity (Wildman–Crippen MR) is 112 cm³/mol. The van der Waals surface area contributed by atoms with Gasteiger partial charge in [0.05, 0.1) is 17.7 Å². The molecule has 3 aromatic rings. The van der Waals surface area contributed by atoms with Gasteiger partial charge in [0.25, 0.3) is 0 Å². The third kappa shape index (κ3) is 5.12. The lowest BCUT2D eigenvalue weighted by atomic mass is 9.96. The number of phenolic OH excluding ortho intramolecular Hbond substituents is 1. The van der Waals surface area contributed by atoms with Crippen molar-refractivity contribution in [3.8, 4) is 5.75 Å². The van der Waals surface area contributed by atoms with Gasteiger partial charge < -0.3 is 20.6 Å². The van der Waals surface area contributed by atoms with Gasteiger partial charge in [0.15, 0.2) is 0 Å². The minimum atomic E-state index is -0.973. The highest BCUT2D eigenvalue weighted by atomic mass is 79.9. The molecule has 0 saturated carbocycles. The lowest BCUT2D eigenvalue weighted by molar-refractivity contribution is 0.0697.